The van der Waals surface area contributed by atoms with Crippen LogP contribution in [0.2, 0.25) is 0 Å². The van der Waals surface area contributed by atoms with E-state index in [2.05, 4.69) is 4.98 Å². The Morgan fingerprint density at radius 2 is 1.80 bits per heavy atom. The van der Waals surface area contributed by atoms with Gasteiger partial charge in [0.05, 0.1) is 19.8 Å². The second-order valence-corrected chi connectivity index (χ2v) is 5.83. The average molecular weight is 342 g/mol. The summed E-state index contributed by atoms with van der Waals surface area (Å²) < 4.78 is 16.6. The van der Waals surface area contributed by atoms with Crippen LogP contribution >= 0.6 is 0 Å². The zero-order chi connectivity index (χ0) is 17.6. The topological polar surface area (TPSA) is 60.9 Å². The first-order valence-corrected chi connectivity index (χ1v) is 8.30. The number of carbonyl (C=O) groups is 1. The molecule has 132 valence electrons. The van der Waals surface area contributed by atoms with Gasteiger partial charge >= 0.3 is 0 Å². The van der Waals surface area contributed by atoms with Crippen LogP contribution in [0.4, 0.5) is 0 Å². The lowest BCUT2D eigenvalue weighted by Crippen LogP contribution is -2.41. The molecular weight excluding hydrogens is 320 g/mol. The van der Waals surface area contributed by atoms with E-state index in [9.17, 15) is 4.79 Å². The maximum Gasteiger partial charge on any atom is 0.257 e. The first kappa shape index (κ1) is 17.1. The fraction of sp³-hybridized carbons (Fsp3) is 0.368. The molecule has 1 saturated heterocycles. The minimum atomic E-state index is -0.0434. The van der Waals surface area contributed by atoms with Crippen LogP contribution in [0.5, 0.6) is 17.2 Å². The van der Waals surface area contributed by atoms with E-state index in [1.54, 1.807) is 44.8 Å². The fourth-order valence-electron chi connectivity index (χ4n) is 3.01. The summed E-state index contributed by atoms with van der Waals surface area (Å²) in [7, 11) is 3.11. The van der Waals surface area contributed by atoms with Crippen LogP contribution in [0.25, 0.3) is 0 Å². The van der Waals surface area contributed by atoms with E-state index in [1.807, 2.05) is 17.0 Å². The molecule has 1 amide bonds. The SMILES string of the molecule is COc1cccc(C(=O)N2CCC(Oc3ccncc3)CC2)c1OC. The second kappa shape index (κ2) is 7.88. The number of methoxy groups -OCH3 is 2. The highest BCUT2D eigenvalue weighted by atomic mass is 16.5. The Kier molecular flexibility index (Phi) is 5.38. The van der Waals surface area contributed by atoms with Crippen LogP contribution in [0, 0.1) is 0 Å². The number of carbonyl (C=O) groups excluding carboxylic acids is 1. The zero-order valence-corrected chi connectivity index (χ0v) is 14.5. The maximum atomic E-state index is 12.9. The quantitative estimate of drug-likeness (QED) is 0.836. The molecule has 2 aromatic rings. The average Bonchev–Trinajstić information content (AvgIpc) is 2.68. The van der Waals surface area contributed by atoms with Crippen molar-refractivity contribution >= 4 is 5.91 Å². The van der Waals surface area contributed by atoms with Crippen molar-refractivity contribution in [2.45, 2.75) is 18.9 Å². The van der Waals surface area contributed by atoms with E-state index in [-0.39, 0.29) is 12.0 Å². The van der Waals surface area contributed by atoms with E-state index in [0.717, 1.165) is 18.6 Å². The molecule has 0 N–H and O–H groups in total. The van der Waals surface area contributed by atoms with Gasteiger partial charge in [-0.05, 0) is 24.3 Å². The molecule has 1 aromatic carbocycles. The van der Waals surface area contributed by atoms with Crippen molar-refractivity contribution in [2.75, 3.05) is 27.3 Å². The second-order valence-electron chi connectivity index (χ2n) is 5.83. The van der Waals surface area contributed by atoms with Crippen molar-refractivity contribution < 1.29 is 19.0 Å². The number of para-hydroxylation sites is 1. The smallest absolute Gasteiger partial charge is 0.257 e. The third-order valence-corrected chi connectivity index (χ3v) is 4.32. The van der Waals surface area contributed by atoms with Gasteiger partial charge in [-0.3, -0.25) is 9.78 Å². The standard InChI is InChI=1S/C19H22N2O4/c1-23-17-5-3-4-16(18(17)24-2)19(22)21-12-8-15(9-13-21)25-14-6-10-20-11-7-14/h3-7,10-11,15H,8-9,12-13H2,1-2H3. The van der Waals surface area contributed by atoms with Gasteiger partial charge in [0, 0.05) is 38.3 Å². The molecule has 6 nitrogen and oxygen atoms in total. The van der Waals surface area contributed by atoms with Crippen LogP contribution in [0.15, 0.2) is 42.7 Å². The summed E-state index contributed by atoms with van der Waals surface area (Å²) in [5, 5.41) is 0. The lowest BCUT2D eigenvalue weighted by Gasteiger charge is -2.32. The van der Waals surface area contributed by atoms with Gasteiger partial charge in [-0.15, -0.1) is 0 Å². The number of benzene rings is 1. The first-order valence-electron chi connectivity index (χ1n) is 8.30. The monoisotopic (exact) mass is 342 g/mol. The van der Waals surface area contributed by atoms with Gasteiger partial charge in [0.1, 0.15) is 11.9 Å². The molecule has 25 heavy (non-hydrogen) atoms. The summed E-state index contributed by atoms with van der Waals surface area (Å²) in [6.07, 6.45) is 5.12. The molecule has 0 unspecified atom stereocenters. The summed E-state index contributed by atoms with van der Waals surface area (Å²) in [6, 6.07) is 9.04. The molecule has 2 heterocycles. The Hall–Kier alpha value is -2.76. The normalized spacial score (nSPS) is 14.9. The molecule has 3 rings (SSSR count). The van der Waals surface area contributed by atoms with Gasteiger partial charge in [0.15, 0.2) is 11.5 Å². The third-order valence-electron chi connectivity index (χ3n) is 4.32. The van der Waals surface area contributed by atoms with E-state index >= 15 is 0 Å². The molecule has 1 fully saturated rings. The summed E-state index contributed by atoms with van der Waals surface area (Å²) in [4.78, 5) is 18.7. The number of amides is 1. The molecule has 6 heteroatoms. The Balaban J connectivity index is 1.64. The number of piperidine rings is 1. The largest absolute Gasteiger partial charge is 0.493 e. The number of rotatable bonds is 5. The van der Waals surface area contributed by atoms with Gasteiger partial charge < -0.3 is 19.1 Å². The van der Waals surface area contributed by atoms with Crippen molar-refractivity contribution in [1.82, 2.24) is 9.88 Å². The molecule has 0 aliphatic carbocycles. The predicted molar refractivity (Wildman–Crippen MR) is 93.3 cm³/mol. The number of ether oxygens (including phenoxy) is 3. The predicted octanol–water partition coefficient (Wildman–Crippen LogP) is 2.78. The van der Waals surface area contributed by atoms with Crippen LogP contribution < -0.4 is 14.2 Å². The Labute approximate surface area is 147 Å². The van der Waals surface area contributed by atoms with Crippen LogP contribution in [-0.4, -0.2) is 49.2 Å². The first-order chi connectivity index (χ1) is 12.2. The number of hydrogen-bond donors (Lipinski definition) is 0. The Morgan fingerprint density at radius 1 is 1.08 bits per heavy atom. The van der Waals surface area contributed by atoms with Crippen LogP contribution in [-0.2, 0) is 0 Å². The van der Waals surface area contributed by atoms with Gasteiger partial charge in [-0.1, -0.05) is 6.07 Å². The summed E-state index contributed by atoms with van der Waals surface area (Å²) >= 11 is 0. The molecule has 1 aliphatic heterocycles. The summed E-state index contributed by atoms with van der Waals surface area (Å²) in [5.41, 5.74) is 0.523. The number of aromatic nitrogens is 1. The molecule has 0 saturated carbocycles. The summed E-state index contributed by atoms with van der Waals surface area (Å²) in [5.74, 6) is 1.81. The highest BCUT2D eigenvalue weighted by Crippen LogP contribution is 2.32. The molecule has 0 spiro atoms. The molecule has 0 atom stereocenters. The van der Waals surface area contributed by atoms with Crippen LogP contribution in [0.3, 0.4) is 0 Å². The van der Waals surface area contributed by atoms with E-state index < -0.39 is 0 Å². The Morgan fingerprint density at radius 3 is 2.44 bits per heavy atom. The van der Waals surface area contributed by atoms with Gasteiger partial charge in [-0.25, -0.2) is 0 Å². The van der Waals surface area contributed by atoms with E-state index in [0.29, 0.717) is 30.2 Å². The molecule has 0 bridgehead atoms. The van der Waals surface area contributed by atoms with Gasteiger partial charge in [0.2, 0.25) is 0 Å². The lowest BCUT2D eigenvalue weighted by molar-refractivity contribution is 0.0592. The van der Waals surface area contributed by atoms with Crippen LogP contribution in [0.1, 0.15) is 23.2 Å². The number of nitrogens with zero attached hydrogens (tertiary/aromatic N) is 2. The number of pyridine rings is 1. The highest BCUT2D eigenvalue weighted by molar-refractivity contribution is 5.97. The van der Waals surface area contributed by atoms with Crippen molar-refractivity contribution in [3.05, 3.63) is 48.3 Å². The maximum absolute atomic E-state index is 12.9. The van der Waals surface area contributed by atoms with Crippen molar-refractivity contribution in [2.24, 2.45) is 0 Å². The minimum Gasteiger partial charge on any atom is -0.493 e. The third kappa shape index (κ3) is 3.84. The van der Waals surface area contributed by atoms with E-state index in [1.165, 1.54) is 0 Å². The molecule has 1 aliphatic rings. The van der Waals surface area contributed by atoms with Crippen molar-refractivity contribution in [3.63, 3.8) is 0 Å². The lowest BCUT2D eigenvalue weighted by atomic mass is 10.1. The number of likely N-dealkylation sites (tertiary alicyclic amines) is 1. The summed E-state index contributed by atoms with van der Waals surface area (Å²) in [6.45, 7) is 1.30. The molecule has 1 aromatic heterocycles. The zero-order valence-electron chi connectivity index (χ0n) is 14.5. The number of hydrogen-bond acceptors (Lipinski definition) is 5. The molecule has 0 radical (unpaired) electrons. The van der Waals surface area contributed by atoms with Crippen molar-refractivity contribution in [1.29, 1.82) is 0 Å². The van der Waals surface area contributed by atoms with Gasteiger partial charge in [-0.2, -0.15) is 0 Å². The fourth-order valence-corrected chi connectivity index (χ4v) is 3.01. The Bertz CT molecular complexity index is 713. The van der Waals surface area contributed by atoms with Crippen molar-refractivity contribution in [3.8, 4) is 17.2 Å². The highest BCUT2D eigenvalue weighted by Gasteiger charge is 2.27. The molecular formula is C19H22N2O4. The van der Waals surface area contributed by atoms with Gasteiger partial charge in [0.25, 0.3) is 5.91 Å². The van der Waals surface area contributed by atoms with E-state index in [4.69, 9.17) is 14.2 Å². The minimum absolute atomic E-state index is 0.0434.